The summed E-state index contributed by atoms with van der Waals surface area (Å²) >= 11 is 0. The summed E-state index contributed by atoms with van der Waals surface area (Å²) in [5.41, 5.74) is 0. The Hall–Kier alpha value is 0.520. The summed E-state index contributed by atoms with van der Waals surface area (Å²) in [5.74, 6) is -4.09. The third-order valence-corrected chi connectivity index (χ3v) is 4.76. The van der Waals surface area contributed by atoms with E-state index in [9.17, 15) is 22.8 Å². The van der Waals surface area contributed by atoms with E-state index in [4.69, 9.17) is 9.66 Å². The molecule has 0 spiro atoms. The van der Waals surface area contributed by atoms with Gasteiger partial charge in [0.1, 0.15) is 0 Å². The van der Waals surface area contributed by atoms with E-state index < -0.39 is 39.7 Å². The van der Waals surface area contributed by atoms with Crippen LogP contribution in [0.25, 0.3) is 0 Å². The van der Waals surface area contributed by atoms with E-state index >= 15 is 0 Å². The quantitative estimate of drug-likeness (QED) is 0.0979. The Morgan fingerprint density at radius 2 is 1.37 bits per heavy atom. The van der Waals surface area contributed by atoms with Gasteiger partial charge in [0.2, 0.25) is 0 Å². The minimum Gasteiger partial charge on any atom is -1.00 e. The molecule has 27 heavy (non-hydrogen) atoms. The minimum atomic E-state index is -4.95. The normalized spacial score (nSPS) is 11.6. The van der Waals surface area contributed by atoms with Crippen LogP contribution in [0.3, 0.4) is 0 Å². The van der Waals surface area contributed by atoms with Crippen LogP contribution in [0.15, 0.2) is 0 Å². The molecule has 0 aromatic carbocycles. The zero-order chi connectivity index (χ0) is 19.3. The van der Waals surface area contributed by atoms with Crippen molar-refractivity contribution in [2.75, 3.05) is 0 Å². The molecule has 0 aromatic heterocycles. The van der Waals surface area contributed by atoms with Gasteiger partial charge in [-0.1, -0.05) is 58.3 Å². The molecule has 0 aromatic rings. The average molecular weight is 428 g/mol. The number of ether oxygens (including phenoxy) is 1. The van der Waals surface area contributed by atoms with Gasteiger partial charge in [-0.25, -0.2) is 0 Å². The molecule has 0 aliphatic heterocycles. The molecule has 0 bridgehead atoms. The molecule has 2 N–H and O–H groups in total. The molecule has 0 aliphatic carbocycles. The topological polar surface area (TPSA) is 135 Å². The van der Waals surface area contributed by atoms with E-state index in [1.807, 2.05) is 0 Å². The number of carbonyl (C=O) groups excluding carboxylic acids is 2. The van der Waals surface area contributed by atoms with Crippen molar-refractivity contribution in [3.05, 3.63) is 0 Å². The molecule has 0 heterocycles. The molecule has 0 saturated carbocycles. The van der Waals surface area contributed by atoms with Gasteiger partial charge in [0.25, 0.3) is 10.1 Å². The van der Waals surface area contributed by atoms with Crippen LogP contribution in [-0.2, 0) is 29.2 Å². The number of hydrogen-bond acceptors (Lipinski definition) is 6. The van der Waals surface area contributed by atoms with Gasteiger partial charge in [-0.15, -0.1) is 0 Å². The fourth-order valence-corrected chi connectivity index (χ4v) is 2.92. The first-order valence-electron chi connectivity index (χ1n) is 8.61. The average Bonchev–Trinajstić information content (AvgIpc) is 2.49. The van der Waals surface area contributed by atoms with Crippen molar-refractivity contribution in [2.45, 2.75) is 82.8 Å². The van der Waals surface area contributed by atoms with Crippen LogP contribution in [0.2, 0.25) is 0 Å². The number of carbonyl (C=O) groups is 3. The smallest absolute Gasteiger partial charge is 1.00 e. The zero-order valence-electron chi connectivity index (χ0n) is 18.6. The second-order valence-corrected chi connectivity index (χ2v) is 7.57. The van der Waals surface area contributed by atoms with Gasteiger partial charge in [-0.05, 0) is 6.42 Å². The van der Waals surface area contributed by atoms with Crippen LogP contribution in [0.5, 0.6) is 0 Å². The van der Waals surface area contributed by atoms with Gasteiger partial charge in [0.15, 0.2) is 5.25 Å². The Kier molecular flexibility index (Phi) is 22.1. The van der Waals surface area contributed by atoms with Crippen LogP contribution in [-0.4, -0.2) is 41.2 Å². The molecular formula is C16H30Na2O8S. The van der Waals surface area contributed by atoms with Crippen molar-refractivity contribution in [3.8, 4) is 0 Å². The van der Waals surface area contributed by atoms with Gasteiger partial charge < -0.3 is 12.7 Å². The predicted octanol–water partition coefficient (Wildman–Crippen LogP) is -3.06. The second kappa shape index (κ2) is 18.5. The third-order valence-electron chi connectivity index (χ3n) is 3.68. The molecule has 0 radical (unpaired) electrons. The molecule has 0 saturated heterocycles. The molecule has 150 valence electrons. The summed E-state index contributed by atoms with van der Waals surface area (Å²) in [6.45, 7) is 2.16. The number of unbranched alkanes of at least 4 members (excludes halogenated alkanes) is 8. The van der Waals surface area contributed by atoms with E-state index in [2.05, 4.69) is 11.7 Å². The molecule has 0 rings (SSSR count). The first-order chi connectivity index (χ1) is 11.7. The van der Waals surface area contributed by atoms with Gasteiger partial charge >= 0.3 is 77.0 Å². The van der Waals surface area contributed by atoms with Gasteiger partial charge in [0, 0.05) is 6.42 Å². The number of carboxylic acids is 1. The molecule has 0 fully saturated rings. The zero-order valence-corrected chi connectivity index (χ0v) is 21.4. The maximum Gasteiger partial charge on any atom is 1.00 e. The Morgan fingerprint density at radius 1 is 0.926 bits per heavy atom. The molecular weight excluding hydrogens is 398 g/mol. The third kappa shape index (κ3) is 18.3. The maximum absolute atomic E-state index is 11.6. The summed E-state index contributed by atoms with van der Waals surface area (Å²) in [6, 6.07) is 0. The summed E-state index contributed by atoms with van der Waals surface area (Å²) < 4.78 is 35.2. The Balaban J connectivity index is -0.000000480. The van der Waals surface area contributed by atoms with E-state index in [-0.39, 0.29) is 68.4 Å². The largest absolute Gasteiger partial charge is 1.00 e. The van der Waals surface area contributed by atoms with Crippen molar-refractivity contribution in [1.82, 2.24) is 0 Å². The molecule has 11 heteroatoms. The van der Waals surface area contributed by atoms with Crippen molar-refractivity contribution in [1.29, 1.82) is 0 Å². The number of esters is 2. The molecule has 1 unspecified atom stereocenters. The summed E-state index contributed by atoms with van der Waals surface area (Å²) in [5, 5.41) is 6.26. The Labute approximate surface area is 208 Å². The van der Waals surface area contributed by atoms with Crippen LogP contribution >= 0.6 is 0 Å². The molecule has 8 nitrogen and oxygen atoms in total. The van der Waals surface area contributed by atoms with E-state index in [0.29, 0.717) is 6.42 Å². The van der Waals surface area contributed by atoms with Crippen molar-refractivity contribution in [3.63, 3.8) is 0 Å². The van der Waals surface area contributed by atoms with Crippen LogP contribution < -0.4 is 59.1 Å². The van der Waals surface area contributed by atoms with Gasteiger partial charge in [-0.2, -0.15) is 8.42 Å². The minimum absolute atomic E-state index is 0. The monoisotopic (exact) mass is 428 g/mol. The number of carboxylic acid groups (broad SMARTS) is 1. The van der Waals surface area contributed by atoms with Crippen molar-refractivity contribution < 1.29 is 99.2 Å². The fourth-order valence-electron chi connectivity index (χ4n) is 2.28. The van der Waals surface area contributed by atoms with Crippen molar-refractivity contribution in [2.24, 2.45) is 0 Å². The van der Waals surface area contributed by atoms with E-state index in [0.717, 1.165) is 25.7 Å². The first-order valence-corrected chi connectivity index (χ1v) is 10.1. The standard InChI is InChI=1S/C16H28O8S.2Na.2H/c1-2-3-4-5-6-7-8-9-10-11-15(19)24-16(20)13(12-14(17)18)25(21,22)23;;;;/h13H,2-12H2,1H3,(H,17,18)(H,21,22,23);;;;/q;2*+1;2*-1. The number of aliphatic carboxylic acids is 1. The Bertz CT molecular complexity index is 547. The van der Waals surface area contributed by atoms with E-state index in [1.54, 1.807) is 0 Å². The summed E-state index contributed by atoms with van der Waals surface area (Å²) in [7, 11) is -4.95. The Morgan fingerprint density at radius 3 is 1.78 bits per heavy atom. The number of hydrogen-bond donors (Lipinski definition) is 2. The first kappa shape index (κ1) is 32.2. The SMILES string of the molecule is CCCCCCCCCCCC(=O)OC(=O)C(CC(=O)O)S(=O)(=O)O.[H-].[H-].[Na+].[Na+]. The van der Waals surface area contributed by atoms with Crippen LogP contribution in [0, 0.1) is 0 Å². The molecule has 1 atom stereocenters. The van der Waals surface area contributed by atoms with Gasteiger partial charge in [0.05, 0.1) is 6.42 Å². The summed E-state index contributed by atoms with van der Waals surface area (Å²) in [4.78, 5) is 33.6. The van der Waals surface area contributed by atoms with E-state index in [1.165, 1.54) is 25.7 Å². The fraction of sp³-hybridized carbons (Fsp3) is 0.812. The predicted molar refractivity (Wildman–Crippen MR) is 92.8 cm³/mol. The van der Waals surface area contributed by atoms with Crippen molar-refractivity contribution >= 4 is 28.0 Å². The van der Waals surface area contributed by atoms with Crippen LogP contribution in [0.1, 0.15) is 80.4 Å². The van der Waals surface area contributed by atoms with Crippen LogP contribution in [0.4, 0.5) is 0 Å². The second-order valence-electron chi connectivity index (χ2n) is 5.97. The maximum atomic E-state index is 11.6. The molecule has 0 aliphatic rings. The van der Waals surface area contributed by atoms with Gasteiger partial charge in [-0.3, -0.25) is 18.9 Å². The number of rotatable bonds is 14. The molecule has 0 amide bonds. The summed E-state index contributed by atoms with van der Waals surface area (Å²) in [6.07, 6.45) is 8.11.